The highest BCUT2D eigenvalue weighted by Crippen LogP contribution is 2.21. The third-order valence-electron chi connectivity index (χ3n) is 4.20. The average molecular weight is 286 g/mol. The van der Waals surface area contributed by atoms with Gasteiger partial charge in [-0.1, -0.05) is 13.8 Å². The lowest BCUT2D eigenvalue weighted by molar-refractivity contribution is 0.423. The second kappa shape index (κ2) is 7.36. The Labute approximate surface area is 127 Å². The van der Waals surface area contributed by atoms with Gasteiger partial charge in [-0.25, -0.2) is 0 Å². The van der Waals surface area contributed by atoms with E-state index in [1.165, 1.54) is 11.1 Å². The SMILES string of the molecule is CCC(CC)n1ccc(CC(NC)c2cnccc2C)n1. The van der Waals surface area contributed by atoms with Crippen molar-refractivity contribution in [1.29, 1.82) is 0 Å². The van der Waals surface area contributed by atoms with E-state index in [4.69, 9.17) is 5.10 Å². The van der Waals surface area contributed by atoms with E-state index < -0.39 is 0 Å². The molecule has 0 bridgehead atoms. The average Bonchev–Trinajstić information content (AvgIpc) is 2.95. The van der Waals surface area contributed by atoms with Crippen molar-refractivity contribution >= 4 is 0 Å². The van der Waals surface area contributed by atoms with Crippen LogP contribution in [0.2, 0.25) is 0 Å². The first-order chi connectivity index (χ1) is 10.2. The van der Waals surface area contributed by atoms with Crippen molar-refractivity contribution in [2.24, 2.45) is 0 Å². The van der Waals surface area contributed by atoms with Gasteiger partial charge in [-0.05, 0) is 50.1 Å². The standard InChI is InChI=1S/C17H26N4/c1-5-15(6-2)21-10-8-14(20-21)11-17(18-4)16-12-19-9-7-13(16)3/h7-10,12,15,17-18H,5-6,11H2,1-4H3. The third-order valence-corrected chi connectivity index (χ3v) is 4.20. The van der Waals surface area contributed by atoms with E-state index in [1.807, 2.05) is 19.4 Å². The Kier molecular flexibility index (Phi) is 5.51. The van der Waals surface area contributed by atoms with Crippen LogP contribution in [0.25, 0.3) is 0 Å². The molecule has 0 radical (unpaired) electrons. The quantitative estimate of drug-likeness (QED) is 0.847. The van der Waals surface area contributed by atoms with Crippen molar-refractivity contribution < 1.29 is 0 Å². The van der Waals surface area contributed by atoms with Gasteiger partial charge in [-0.3, -0.25) is 9.67 Å². The topological polar surface area (TPSA) is 42.7 Å². The van der Waals surface area contributed by atoms with Crippen LogP contribution in [-0.2, 0) is 6.42 Å². The molecule has 0 saturated heterocycles. The first kappa shape index (κ1) is 15.7. The summed E-state index contributed by atoms with van der Waals surface area (Å²) in [6.07, 6.45) is 9.03. The molecule has 0 aliphatic rings. The van der Waals surface area contributed by atoms with Crippen LogP contribution in [-0.4, -0.2) is 21.8 Å². The smallest absolute Gasteiger partial charge is 0.0643 e. The molecule has 0 aromatic carbocycles. The summed E-state index contributed by atoms with van der Waals surface area (Å²) in [5, 5.41) is 8.14. The molecular weight excluding hydrogens is 260 g/mol. The summed E-state index contributed by atoms with van der Waals surface area (Å²) in [6, 6.07) is 4.95. The minimum atomic E-state index is 0.253. The van der Waals surface area contributed by atoms with Crippen LogP contribution < -0.4 is 5.32 Å². The van der Waals surface area contributed by atoms with Crippen LogP contribution in [0.3, 0.4) is 0 Å². The van der Waals surface area contributed by atoms with Crippen LogP contribution in [0, 0.1) is 6.92 Å². The molecular formula is C17H26N4. The maximum atomic E-state index is 4.75. The van der Waals surface area contributed by atoms with Gasteiger partial charge in [0, 0.05) is 31.1 Å². The van der Waals surface area contributed by atoms with Crippen LogP contribution in [0.15, 0.2) is 30.7 Å². The van der Waals surface area contributed by atoms with Crippen molar-refractivity contribution in [3.8, 4) is 0 Å². The lowest BCUT2D eigenvalue weighted by Gasteiger charge is -2.17. The Balaban J connectivity index is 2.14. The lowest BCUT2D eigenvalue weighted by Crippen LogP contribution is -2.20. The summed E-state index contributed by atoms with van der Waals surface area (Å²) < 4.78 is 2.11. The maximum Gasteiger partial charge on any atom is 0.0643 e. The Morgan fingerprint density at radius 2 is 2.00 bits per heavy atom. The summed E-state index contributed by atoms with van der Waals surface area (Å²) in [7, 11) is 2.00. The molecule has 114 valence electrons. The highest BCUT2D eigenvalue weighted by atomic mass is 15.3. The number of hydrogen-bond acceptors (Lipinski definition) is 3. The van der Waals surface area contributed by atoms with Gasteiger partial charge in [-0.15, -0.1) is 0 Å². The summed E-state index contributed by atoms with van der Waals surface area (Å²) in [5.74, 6) is 0. The summed E-state index contributed by atoms with van der Waals surface area (Å²) >= 11 is 0. The molecule has 4 heteroatoms. The van der Waals surface area contributed by atoms with Crippen molar-refractivity contribution in [3.05, 3.63) is 47.5 Å². The Bertz CT molecular complexity index is 557. The molecule has 0 aliphatic carbocycles. The molecule has 0 amide bonds. The van der Waals surface area contributed by atoms with E-state index >= 15 is 0 Å². The molecule has 2 rings (SSSR count). The van der Waals surface area contributed by atoms with E-state index in [2.05, 4.69) is 54.1 Å². The van der Waals surface area contributed by atoms with Crippen molar-refractivity contribution in [2.75, 3.05) is 7.05 Å². The molecule has 2 aromatic rings. The highest BCUT2D eigenvalue weighted by Gasteiger charge is 2.15. The van der Waals surface area contributed by atoms with Gasteiger partial charge in [0.1, 0.15) is 0 Å². The molecule has 0 spiro atoms. The van der Waals surface area contributed by atoms with Crippen molar-refractivity contribution in [2.45, 2.75) is 52.1 Å². The highest BCUT2D eigenvalue weighted by molar-refractivity contribution is 5.26. The minimum Gasteiger partial charge on any atom is -0.313 e. The van der Waals surface area contributed by atoms with E-state index in [0.717, 1.165) is 25.0 Å². The fourth-order valence-corrected chi connectivity index (χ4v) is 2.77. The number of nitrogens with one attached hydrogen (secondary N) is 1. The van der Waals surface area contributed by atoms with Gasteiger partial charge in [-0.2, -0.15) is 5.10 Å². The lowest BCUT2D eigenvalue weighted by atomic mass is 10.00. The van der Waals surface area contributed by atoms with E-state index in [0.29, 0.717) is 6.04 Å². The summed E-state index contributed by atoms with van der Waals surface area (Å²) in [5.41, 5.74) is 3.64. The number of rotatable bonds is 7. The molecule has 1 unspecified atom stereocenters. The zero-order valence-electron chi connectivity index (χ0n) is 13.5. The van der Waals surface area contributed by atoms with E-state index in [-0.39, 0.29) is 6.04 Å². The Hall–Kier alpha value is -1.68. The Morgan fingerprint density at radius 1 is 1.24 bits per heavy atom. The number of hydrogen-bond donors (Lipinski definition) is 1. The molecule has 2 heterocycles. The van der Waals surface area contributed by atoms with E-state index in [1.54, 1.807) is 0 Å². The number of aryl methyl sites for hydroxylation is 1. The van der Waals surface area contributed by atoms with Crippen LogP contribution in [0.1, 0.15) is 55.6 Å². The van der Waals surface area contributed by atoms with Gasteiger partial charge in [0.2, 0.25) is 0 Å². The zero-order chi connectivity index (χ0) is 15.2. The van der Waals surface area contributed by atoms with Gasteiger partial charge < -0.3 is 5.32 Å². The fourth-order valence-electron chi connectivity index (χ4n) is 2.77. The van der Waals surface area contributed by atoms with Crippen LogP contribution in [0.5, 0.6) is 0 Å². The van der Waals surface area contributed by atoms with Gasteiger partial charge in [0.15, 0.2) is 0 Å². The third kappa shape index (κ3) is 3.70. The Morgan fingerprint density at radius 3 is 2.62 bits per heavy atom. The predicted octanol–water partition coefficient (Wildman–Crippen LogP) is 3.45. The number of pyridine rings is 1. The first-order valence-corrected chi connectivity index (χ1v) is 7.81. The van der Waals surface area contributed by atoms with E-state index in [9.17, 15) is 0 Å². The summed E-state index contributed by atoms with van der Waals surface area (Å²) in [4.78, 5) is 4.25. The first-order valence-electron chi connectivity index (χ1n) is 7.81. The predicted molar refractivity (Wildman–Crippen MR) is 86.3 cm³/mol. The normalized spacial score (nSPS) is 12.8. The maximum absolute atomic E-state index is 4.75. The van der Waals surface area contributed by atoms with Gasteiger partial charge >= 0.3 is 0 Å². The molecule has 1 atom stereocenters. The molecule has 0 saturated carbocycles. The zero-order valence-corrected chi connectivity index (χ0v) is 13.5. The van der Waals surface area contributed by atoms with Gasteiger partial charge in [0.05, 0.1) is 11.7 Å². The fraction of sp³-hybridized carbons (Fsp3) is 0.529. The second-order valence-electron chi connectivity index (χ2n) is 5.54. The largest absolute Gasteiger partial charge is 0.313 e. The van der Waals surface area contributed by atoms with Crippen LogP contribution >= 0.6 is 0 Å². The van der Waals surface area contributed by atoms with Crippen LogP contribution in [0.4, 0.5) is 0 Å². The van der Waals surface area contributed by atoms with Crippen molar-refractivity contribution in [1.82, 2.24) is 20.1 Å². The molecule has 2 aromatic heterocycles. The molecule has 21 heavy (non-hydrogen) atoms. The monoisotopic (exact) mass is 286 g/mol. The summed E-state index contributed by atoms with van der Waals surface area (Å²) in [6.45, 7) is 6.56. The second-order valence-corrected chi connectivity index (χ2v) is 5.54. The van der Waals surface area contributed by atoms with Gasteiger partial charge in [0.25, 0.3) is 0 Å². The minimum absolute atomic E-state index is 0.253. The number of likely N-dealkylation sites (N-methyl/N-ethyl adjacent to an activating group) is 1. The number of nitrogens with zero attached hydrogens (tertiary/aromatic N) is 3. The molecule has 4 nitrogen and oxygen atoms in total. The molecule has 0 aliphatic heterocycles. The number of aromatic nitrogens is 3. The van der Waals surface area contributed by atoms with Crippen molar-refractivity contribution in [3.63, 3.8) is 0 Å². The molecule has 1 N–H and O–H groups in total. The molecule has 0 fully saturated rings.